The fourth-order valence-corrected chi connectivity index (χ4v) is 3.72. The molecule has 1 aromatic carbocycles. The second-order valence-electron chi connectivity index (χ2n) is 6.49. The Morgan fingerprint density at radius 3 is 2.48 bits per heavy atom. The van der Waals surface area contributed by atoms with Crippen molar-refractivity contribution >= 4 is 5.97 Å². The average molecular weight is 288 g/mol. The van der Waals surface area contributed by atoms with Gasteiger partial charge in [-0.25, -0.2) is 0 Å². The molecule has 1 aromatic rings. The molecule has 0 radical (unpaired) electrons. The number of aryl methyl sites for hydroxylation is 1. The Kier molecular flexibility index (Phi) is 6.78. The largest absolute Gasteiger partial charge is 0.481 e. The van der Waals surface area contributed by atoms with E-state index in [9.17, 15) is 4.79 Å². The fraction of sp³-hybridized carbons (Fsp3) is 0.632. The maximum absolute atomic E-state index is 10.9. The molecule has 1 fully saturated rings. The second-order valence-corrected chi connectivity index (χ2v) is 6.49. The van der Waals surface area contributed by atoms with Crippen molar-refractivity contribution in [1.29, 1.82) is 0 Å². The average Bonchev–Trinajstić information content (AvgIpc) is 2.90. The molecule has 1 saturated carbocycles. The number of carboxylic acid groups (broad SMARTS) is 1. The third-order valence-corrected chi connectivity index (χ3v) is 4.89. The molecule has 1 aliphatic rings. The Bertz CT molecular complexity index is 413. The maximum atomic E-state index is 10.9. The zero-order valence-electron chi connectivity index (χ0n) is 13.0. The van der Waals surface area contributed by atoms with Gasteiger partial charge in [0.1, 0.15) is 0 Å². The highest BCUT2D eigenvalue weighted by Crippen LogP contribution is 2.37. The lowest BCUT2D eigenvalue weighted by Gasteiger charge is -2.17. The summed E-state index contributed by atoms with van der Waals surface area (Å²) in [6, 6.07) is 10.7. The molecule has 0 amide bonds. The Balaban J connectivity index is 1.54. The molecule has 1 unspecified atom stereocenters. The summed E-state index contributed by atoms with van der Waals surface area (Å²) in [6.07, 6.45) is 11.6. The first-order valence-electron chi connectivity index (χ1n) is 8.51. The Labute approximate surface area is 128 Å². The molecule has 2 atom stereocenters. The highest BCUT2D eigenvalue weighted by atomic mass is 16.4. The number of hydrogen-bond donors (Lipinski definition) is 1. The van der Waals surface area contributed by atoms with Gasteiger partial charge >= 0.3 is 5.97 Å². The summed E-state index contributed by atoms with van der Waals surface area (Å²) in [5.74, 6) is 0.511. The Hall–Kier alpha value is -1.31. The minimum Gasteiger partial charge on any atom is -0.481 e. The van der Waals surface area contributed by atoms with Crippen LogP contribution in [0.15, 0.2) is 30.3 Å². The van der Waals surface area contributed by atoms with Crippen molar-refractivity contribution in [2.45, 2.75) is 64.2 Å². The van der Waals surface area contributed by atoms with Crippen LogP contribution >= 0.6 is 0 Å². The molecule has 0 spiro atoms. The molecule has 116 valence electrons. The number of carboxylic acids is 1. The van der Waals surface area contributed by atoms with E-state index in [1.54, 1.807) is 0 Å². The Morgan fingerprint density at radius 1 is 1.00 bits per heavy atom. The van der Waals surface area contributed by atoms with Crippen LogP contribution in [-0.4, -0.2) is 11.1 Å². The number of hydrogen-bond acceptors (Lipinski definition) is 1. The van der Waals surface area contributed by atoms with Crippen LogP contribution in [0, 0.1) is 11.8 Å². The summed E-state index contributed by atoms with van der Waals surface area (Å²) in [5.41, 5.74) is 1.44. The molecule has 21 heavy (non-hydrogen) atoms. The van der Waals surface area contributed by atoms with Gasteiger partial charge in [0.15, 0.2) is 0 Å². The topological polar surface area (TPSA) is 37.3 Å². The number of rotatable bonds is 9. The molecule has 1 N–H and O–H groups in total. The third-order valence-electron chi connectivity index (χ3n) is 4.89. The van der Waals surface area contributed by atoms with Crippen LogP contribution in [0.1, 0.15) is 63.4 Å². The first-order valence-corrected chi connectivity index (χ1v) is 8.51. The lowest BCUT2D eigenvalue weighted by atomic mass is 9.88. The van der Waals surface area contributed by atoms with Crippen molar-refractivity contribution in [2.24, 2.45) is 11.8 Å². The monoisotopic (exact) mass is 288 g/mol. The van der Waals surface area contributed by atoms with Gasteiger partial charge in [-0.15, -0.1) is 0 Å². The highest BCUT2D eigenvalue weighted by molar-refractivity contribution is 5.67. The van der Waals surface area contributed by atoms with Gasteiger partial charge in [0.05, 0.1) is 0 Å². The number of aliphatic carboxylic acids is 1. The SMILES string of the molecule is O=C(O)C[C@H]1CCCC1CCCCCCc1ccccc1. The zero-order valence-corrected chi connectivity index (χ0v) is 13.0. The molecule has 0 aromatic heterocycles. The van der Waals surface area contributed by atoms with Gasteiger partial charge in [-0.1, -0.05) is 68.9 Å². The molecule has 2 nitrogen and oxygen atoms in total. The summed E-state index contributed by atoms with van der Waals surface area (Å²) in [5, 5.41) is 8.94. The minimum atomic E-state index is -0.616. The lowest BCUT2D eigenvalue weighted by molar-refractivity contribution is -0.138. The van der Waals surface area contributed by atoms with E-state index < -0.39 is 5.97 Å². The molecular formula is C19H28O2. The smallest absolute Gasteiger partial charge is 0.303 e. The second kappa shape index (κ2) is 8.86. The van der Waals surface area contributed by atoms with Crippen LogP contribution < -0.4 is 0 Å². The molecule has 0 heterocycles. The van der Waals surface area contributed by atoms with E-state index in [1.807, 2.05) is 0 Å². The van der Waals surface area contributed by atoms with Crippen molar-refractivity contribution in [1.82, 2.24) is 0 Å². The molecular weight excluding hydrogens is 260 g/mol. The van der Waals surface area contributed by atoms with Crippen LogP contribution in [0.4, 0.5) is 0 Å². The lowest BCUT2D eigenvalue weighted by Crippen LogP contribution is -2.12. The summed E-state index contributed by atoms with van der Waals surface area (Å²) in [6.45, 7) is 0. The first-order chi connectivity index (χ1) is 10.3. The minimum absolute atomic E-state index is 0.388. The van der Waals surface area contributed by atoms with Crippen LogP contribution in [0.5, 0.6) is 0 Å². The predicted molar refractivity (Wildman–Crippen MR) is 86.3 cm³/mol. The quantitative estimate of drug-likeness (QED) is 0.644. The van der Waals surface area contributed by atoms with Gasteiger partial charge < -0.3 is 5.11 Å². The number of carbonyl (C=O) groups is 1. The van der Waals surface area contributed by atoms with Gasteiger partial charge in [-0.2, -0.15) is 0 Å². The van der Waals surface area contributed by atoms with Crippen molar-refractivity contribution in [2.75, 3.05) is 0 Å². The molecule has 0 saturated heterocycles. The van der Waals surface area contributed by atoms with E-state index >= 15 is 0 Å². The molecule has 1 aliphatic carbocycles. The van der Waals surface area contributed by atoms with E-state index in [-0.39, 0.29) is 0 Å². The third kappa shape index (κ3) is 5.91. The van der Waals surface area contributed by atoms with Gasteiger partial charge in [0.25, 0.3) is 0 Å². The normalized spacial score (nSPS) is 21.5. The van der Waals surface area contributed by atoms with Crippen LogP contribution in [0.3, 0.4) is 0 Å². The van der Waals surface area contributed by atoms with Crippen molar-refractivity contribution in [3.8, 4) is 0 Å². The van der Waals surface area contributed by atoms with Gasteiger partial charge in [-0.3, -0.25) is 4.79 Å². The molecule has 2 heteroatoms. The summed E-state index contributed by atoms with van der Waals surface area (Å²) < 4.78 is 0. The first kappa shape index (κ1) is 16.1. The number of unbranched alkanes of at least 4 members (excludes halogenated alkanes) is 3. The van der Waals surface area contributed by atoms with Gasteiger partial charge in [0.2, 0.25) is 0 Å². The van der Waals surface area contributed by atoms with Gasteiger partial charge in [0, 0.05) is 6.42 Å². The molecule has 0 bridgehead atoms. The van der Waals surface area contributed by atoms with Crippen molar-refractivity contribution in [3.63, 3.8) is 0 Å². The fourth-order valence-electron chi connectivity index (χ4n) is 3.72. The van der Waals surface area contributed by atoms with Crippen molar-refractivity contribution in [3.05, 3.63) is 35.9 Å². The predicted octanol–water partition coefficient (Wildman–Crippen LogP) is 5.07. The number of benzene rings is 1. The summed E-state index contributed by atoms with van der Waals surface area (Å²) >= 11 is 0. The van der Waals surface area contributed by atoms with E-state index in [0.29, 0.717) is 18.3 Å². The summed E-state index contributed by atoms with van der Waals surface area (Å²) in [7, 11) is 0. The van der Waals surface area contributed by atoms with Crippen LogP contribution in [0.2, 0.25) is 0 Å². The summed E-state index contributed by atoms with van der Waals surface area (Å²) in [4.78, 5) is 10.9. The Morgan fingerprint density at radius 2 is 1.71 bits per heavy atom. The van der Waals surface area contributed by atoms with Crippen LogP contribution in [0.25, 0.3) is 0 Å². The van der Waals surface area contributed by atoms with E-state index in [2.05, 4.69) is 30.3 Å². The van der Waals surface area contributed by atoms with E-state index in [1.165, 1.54) is 56.9 Å². The standard InChI is InChI=1S/C19H28O2/c20-19(21)15-18-14-8-13-17(18)12-7-2-1-4-9-16-10-5-3-6-11-16/h3,5-6,10-11,17-18H,1-2,4,7-9,12-15H2,(H,20,21)/t17?,18-/m1/s1. The highest BCUT2D eigenvalue weighted by Gasteiger charge is 2.28. The molecule has 0 aliphatic heterocycles. The van der Waals surface area contributed by atoms with Crippen LogP contribution in [-0.2, 0) is 11.2 Å². The molecule has 2 rings (SSSR count). The van der Waals surface area contributed by atoms with E-state index in [0.717, 1.165) is 6.42 Å². The van der Waals surface area contributed by atoms with Crippen molar-refractivity contribution < 1.29 is 9.90 Å². The van der Waals surface area contributed by atoms with E-state index in [4.69, 9.17) is 5.11 Å². The zero-order chi connectivity index (χ0) is 14.9. The maximum Gasteiger partial charge on any atom is 0.303 e. The van der Waals surface area contributed by atoms with Gasteiger partial charge in [-0.05, 0) is 36.7 Å².